The summed E-state index contributed by atoms with van der Waals surface area (Å²) >= 11 is 0. The van der Waals surface area contributed by atoms with Crippen molar-refractivity contribution in [2.75, 3.05) is 0 Å². The van der Waals surface area contributed by atoms with Gasteiger partial charge in [-0.1, -0.05) is 18.9 Å². The van der Waals surface area contributed by atoms with E-state index in [0.717, 1.165) is 17.5 Å². The molecule has 70 valence electrons. The third-order valence-corrected chi connectivity index (χ3v) is 2.55. The van der Waals surface area contributed by atoms with Crippen LogP contribution in [0.15, 0.2) is 16.8 Å². The van der Waals surface area contributed by atoms with Gasteiger partial charge in [-0.3, -0.25) is 0 Å². The number of aromatic nitrogens is 1. The molecule has 13 heavy (non-hydrogen) atoms. The van der Waals surface area contributed by atoms with Gasteiger partial charge in [0.2, 0.25) is 5.89 Å². The maximum absolute atomic E-state index is 5.23. The van der Waals surface area contributed by atoms with Crippen molar-refractivity contribution in [2.45, 2.75) is 32.6 Å². The normalized spacial score (nSPS) is 18.8. The molecule has 0 N–H and O–H groups in total. The van der Waals surface area contributed by atoms with E-state index in [1.54, 1.807) is 6.26 Å². The molecule has 2 nitrogen and oxygen atoms in total. The first-order chi connectivity index (χ1) is 6.34. The molecule has 0 radical (unpaired) electrons. The van der Waals surface area contributed by atoms with E-state index in [2.05, 4.69) is 11.1 Å². The SMILES string of the molecule is Cc1coc(C=CC2CCCC2)n1. The van der Waals surface area contributed by atoms with E-state index in [9.17, 15) is 0 Å². The molecule has 0 spiro atoms. The van der Waals surface area contributed by atoms with Crippen molar-refractivity contribution in [3.05, 3.63) is 23.9 Å². The molecule has 1 aliphatic rings. The van der Waals surface area contributed by atoms with Crippen LogP contribution in [-0.4, -0.2) is 4.98 Å². The van der Waals surface area contributed by atoms with Gasteiger partial charge in [-0.2, -0.15) is 0 Å². The van der Waals surface area contributed by atoms with Gasteiger partial charge in [0.25, 0.3) is 0 Å². The zero-order chi connectivity index (χ0) is 9.10. The van der Waals surface area contributed by atoms with Crippen molar-refractivity contribution < 1.29 is 4.42 Å². The van der Waals surface area contributed by atoms with Crippen LogP contribution in [0.1, 0.15) is 37.3 Å². The van der Waals surface area contributed by atoms with Gasteiger partial charge >= 0.3 is 0 Å². The van der Waals surface area contributed by atoms with Crippen LogP contribution >= 0.6 is 0 Å². The maximum atomic E-state index is 5.23. The van der Waals surface area contributed by atoms with E-state index in [4.69, 9.17) is 4.42 Å². The second-order valence-corrected chi connectivity index (χ2v) is 3.73. The summed E-state index contributed by atoms with van der Waals surface area (Å²) in [6.07, 6.45) is 11.3. The van der Waals surface area contributed by atoms with Crippen molar-refractivity contribution in [1.29, 1.82) is 0 Å². The number of nitrogens with zero attached hydrogens (tertiary/aromatic N) is 1. The van der Waals surface area contributed by atoms with E-state index in [-0.39, 0.29) is 0 Å². The summed E-state index contributed by atoms with van der Waals surface area (Å²) in [5.74, 6) is 1.50. The van der Waals surface area contributed by atoms with Gasteiger partial charge in [-0.25, -0.2) is 4.98 Å². The van der Waals surface area contributed by atoms with Crippen LogP contribution in [0.2, 0.25) is 0 Å². The fourth-order valence-corrected chi connectivity index (χ4v) is 1.82. The molecular formula is C11H15NO. The largest absolute Gasteiger partial charge is 0.445 e. The fraction of sp³-hybridized carbons (Fsp3) is 0.545. The summed E-state index contributed by atoms with van der Waals surface area (Å²) in [4.78, 5) is 4.22. The quantitative estimate of drug-likeness (QED) is 0.693. The lowest BCUT2D eigenvalue weighted by molar-refractivity contribution is 0.544. The Balaban J connectivity index is 1.96. The Bertz CT molecular complexity index is 295. The molecule has 0 bridgehead atoms. The highest BCUT2D eigenvalue weighted by molar-refractivity contribution is 5.38. The molecule has 1 aromatic heterocycles. The molecule has 1 aliphatic carbocycles. The van der Waals surface area contributed by atoms with Crippen LogP contribution < -0.4 is 0 Å². The smallest absolute Gasteiger partial charge is 0.218 e. The van der Waals surface area contributed by atoms with Crippen molar-refractivity contribution >= 4 is 6.08 Å². The Morgan fingerprint density at radius 3 is 2.85 bits per heavy atom. The first-order valence-corrected chi connectivity index (χ1v) is 4.95. The zero-order valence-electron chi connectivity index (χ0n) is 7.99. The van der Waals surface area contributed by atoms with Crippen LogP contribution in [0.25, 0.3) is 6.08 Å². The van der Waals surface area contributed by atoms with Gasteiger partial charge in [0.1, 0.15) is 6.26 Å². The van der Waals surface area contributed by atoms with Crippen molar-refractivity contribution in [2.24, 2.45) is 5.92 Å². The first kappa shape index (κ1) is 8.54. The second kappa shape index (κ2) is 3.77. The molecular weight excluding hydrogens is 162 g/mol. The Morgan fingerprint density at radius 1 is 1.46 bits per heavy atom. The average Bonchev–Trinajstić information content (AvgIpc) is 2.71. The minimum absolute atomic E-state index is 0.740. The second-order valence-electron chi connectivity index (χ2n) is 3.73. The molecule has 0 aliphatic heterocycles. The Labute approximate surface area is 78.7 Å². The molecule has 0 saturated heterocycles. The lowest BCUT2D eigenvalue weighted by atomic mass is 10.1. The third kappa shape index (κ3) is 2.20. The standard InChI is InChI=1S/C11H15NO/c1-9-8-13-11(12-9)7-6-10-4-2-3-5-10/h6-8,10H,2-5H2,1H3. The van der Waals surface area contributed by atoms with E-state index in [0.29, 0.717) is 0 Å². The summed E-state index contributed by atoms with van der Waals surface area (Å²) in [7, 11) is 0. The molecule has 2 rings (SSSR count). The lowest BCUT2D eigenvalue weighted by Gasteiger charge is -1.97. The minimum Gasteiger partial charge on any atom is -0.445 e. The highest BCUT2D eigenvalue weighted by atomic mass is 16.3. The van der Waals surface area contributed by atoms with Crippen molar-refractivity contribution in [1.82, 2.24) is 4.98 Å². The van der Waals surface area contributed by atoms with Crippen LogP contribution in [0, 0.1) is 12.8 Å². The number of hydrogen-bond acceptors (Lipinski definition) is 2. The predicted octanol–water partition coefficient (Wildman–Crippen LogP) is 3.19. The van der Waals surface area contributed by atoms with Crippen LogP contribution in [0.4, 0.5) is 0 Å². The predicted molar refractivity (Wildman–Crippen MR) is 52.2 cm³/mol. The fourth-order valence-electron chi connectivity index (χ4n) is 1.82. The van der Waals surface area contributed by atoms with Gasteiger partial charge in [0.15, 0.2) is 0 Å². The molecule has 1 heterocycles. The Kier molecular flexibility index (Phi) is 2.48. The molecule has 1 aromatic rings. The minimum atomic E-state index is 0.740. The van der Waals surface area contributed by atoms with E-state index < -0.39 is 0 Å². The molecule has 0 amide bonds. The number of hydrogen-bond donors (Lipinski definition) is 0. The summed E-state index contributed by atoms with van der Waals surface area (Å²) in [6.45, 7) is 1.94. The summed E-state index contributed by atoms with van der Waals surface area (Å²) in [5.41, 5.74) is 0.950. The summed E-state index contributed by atoms with van der Waals surface area (Å²) in [5, 5.41) is 0. The Morgan fingerprint density at radius 2 is 2.23 bits per heavy atom. The summed E-state index contributed by atoms with van der Waals surface area (Å²) in [6, 6.07) is 0. The average molecular weight is 177 g/mol. The molecule has 0 aromatic carbocycles. The van der Waals surface area contributed by atoms with Crippen molar-refractivity contribution in [3.63, 3.8) is 0 Å². The van der Waals surface area contributed by atoms with Gasteiger partial charge in [-0.05, 0) is 31.8 Å². The van der Waals surface area contributed by atoms with E-state index in [1.165, 1.54) is 25.7 Å². The lowest BCUT2D eigenvalue weighted by Crippen LogP contribution is -1.85. The topological polar surface area (TPSA) is 26.0 Å². The van der Waals surface area contributed by atoms with Crippen LogP contribution in [-0.2, 0) is 0 Å². The third-order valence-electron chi connectivity index (χ3n) is 2.55. The van der Waals surface area contributed by atoms with E-state index >= 15 is 0 Å². The molecule has 0 unspecified atom stereocenters. The number of oxazole rings is 1. The highest BCUT2D eigenvalue weighted by Crippen LogP contribution is 2.26. The Hall–Kier alpha value is -1.05. The molecule has 0 atom stereocenters. The van der Waals surface area contributed by atoms with Crippen molar-refractivity contribution in [3.8, 4) is 0 Å². The van der Waals surface area contributed by atoms with Crippen LogP contribution in [0.3, 0.4) is 0 Å². The monoisotopic (exact) mass is 177 g/mol. The van der Waals surface area contributed by atoms with E-state index in [1.807, 2.05) is 13.0 Å². The summed E-state index contributed by atoms with van der Waals surface area (Å²) < 4.78 is 5.23. The van der Waals surface area contributed by atoms with Gasteiger partial charge in [0.05, 0.1) is 5.69 Å². The number of aryl methyl sites for hydroxylation is 1. The van der Waals surface area contributed by atoms with Crippen LogP contribution in [0.5, 0.6) is 0 Å². The number of allylic oxidation sites excluding steroid dienone is 1. The highest BCUT2D eigenvalue weighted by Gasteiger charge is 2.11. The number of rotatable bonds is 2. The molecule has 1 saturated carbocycles. The molecule has 1 fully saturated rings. The maximum Gasteiger partial charge on any atom is 0.218 e. The van der Waals surface area contributed by atoms with Gasteiger partial charge in [0, 0.05) is 0 Å². The first-order valence-electron chi connectivity index (χ1n) is 4.95. The van der Waals surface area contributed by atoms with Gasteiger partial charge in [-0.15, -0.1) is 0 Å². The van der Waals surface area contributed by atoms with Gasteiger partial charge < -0.3 is 4.42 Å². The molecule has 2 heteroatoms. The zero-order valence-corrected chi connectivity index (χ0v) is 7.99.